The lowest BCUT2D eigenvalue weighted by molar-refractivity contribution is -0.384. The van der Waals surface area contributed by atoms with E-state index >= 15 is 0 Å². The lowest BCUT2D eigenvalue weighted by Gasteiger charge is -2.05. The average Bonchev–Trinajstić information content (AvgIpc) is 2.70. The van der Waals surface area contributed by atoms with Gasteiger partial charge in [-0.15, -0.1) is 0 Å². The molecule has 2 N–H and O–H groups in total. The molecule has 3 aromatic rings. The number of nitrogens with zero attached hydrogens (tertiary/aromatic N) is 4. The zero-order chi connectivity index (χ0) is 19.2. The van der Waals surface area contributed by atoms with Gasteiger partial charge in [-0.3, -0.25) is 10.1 Å². The molecule has 1 heterocycles. The van der Waals surface area contributed by atoms with Crippen molar-refractivity contribution in [2.75, 3.05) is 12.5 Å². The predicted molar refractivity (Wildman–Crippen MR) is 100.0 cm³/mol. The number of hydrazone groups is 1. The number of para-hydroxylation sites is 1. The minimum absolute atomic E-state index is 0.0139. The number of phenolic OH excluding ortho intramolecular Hbond substituents is 1. The lowest BCUT2D eigenvalue weighted by atomic mass is 10.1. The van der Waals surface area contributed by atoms with Gasteiger partial charge in [0.05, 0.1) is 18.2 Å². The Kier molecular flexibility index (Phi) is 5.22. The third kappa shape index (κ3) is 4.15. The highest BCUT2D eigenvalue weighted by Gasteiger charge is 2.07. The van der Waals surface area contributed by atoms with E-state index in [4.69, 9.17) is 4.74 Å². The number of hydrogen-bond donors (Lipinski definition) is 2. The molecule has 136 valence electrons. The van der Waals surface area contributed by atoms with Crippen LogP contribution in [0.15, 0.2) is 60.0 Å². The molecule has 0 unspecified atom stereocenters. The number of nitrogens with one attached hydrogen (secondary N) is 1. The fourth-order valence-electron chi connectivity index (χ4n) is 2.28. The molecule has 0 aliphatic rings. The zero-order valence-corrected chi connectivity index (χ0v) is 14.2. The van der Waals surface area contributed by atoms with E-state index in [-0.39, 0.29) is 17.4 Å². The third-order valence-electron chi connectivity index (χ3n) is 3.68. The van der Waals surface area contributed by atoms with Gasteiger partial charge in [-0.2, -0.15) is 5.10 Å². The fraction of sp³-hybridized carbons (Fsp3) is 0.0556. The van der Waals surface area contributed by atoms with Gasteiger partial charge in [-0.05, 0) is 29.8 Å². The van der Waals surface area contributed by atoms with E-state index in [0.717, 1.165) is 5.56 Å². The van der Waals surface area contributed by atoms with Crippen LogP contribution in [0, 0.1) is 10.1 Å². The normalized spacial score (nSPS) is 10.7. The minimum atomic E-state index is -0.453. The van der Waals surface area contributed by atoms with Crippen molar-refractivity contribution in [3.05, 3.63) is 70.5 Å². The highest BCUT2D eigenvalue weighted by atomic mass is 16.6. The van der Waals surface area contributed by atoms with Gasteiger partial charge >= 0.3 is 0 Å². The molecular formula is C18H15N5O4. The Bertz CT molecular complexity index is 972. The van der Waals surface area contributed by atoms with Gasteiger partial charge < -0.3 is 9.84 Å². The second kappa shape index (κ2) is 7.91. The van der Waals surface area contributed by atoms with E-state index in [1.54, 1.807) is 42.7 Å². The number of ether oxygens (including phenoxy) is 1. The van der Waals surface area contributed by atoms with Crippen molar-refractivity contribution < 1.29 is 14.8 Å². The molecular weight excluding hydrogens is 350 g/mol. The molecule has 0 spiro atoms. The van der Waals surface area contributed by atoms with E-state index in [1.807, 2.05) is 0 Å². The van der Waals surface area contributed by atoms with Crippen molar-refractivity contribution in [2.24, 2.45) is 5.10 Å². The van der Waals surface area contributed by atoms with Crippen molar-refractivity contribution in [3.8, 4) is 22.6 Å². The Labute approximate surface area is 154 Å². The molecule has 0 atom stereocenters. The summed E-state index contributed by atoms with van der Waals surface area (Å²) in [6.45, 7) is 0. The second-order valence-electron chi connectivity index (χ2n) is 5.37. The molecule has 0 bridgehead atoms. The van der Waals surface area contributed by atoms with Gasteiger partial charge in [0, 0.05) is 35.7 Å². The van der Waals surface area contributed by atoms with Crippen molar-refractivity contribution in [1.29, 1.82) is 0 Å². The first-order chi connectivity index (χ1) is 13.1. The Morgan fingerprint density at radius 2 is 1.85 bits per heavy atom. The molecule has 1 aromatic heterocycles. The monoisotopic (exact) mass is 365 g/mol. The number of non-ortho nitro benzene ring substituents is 1. The first-order valence-corrected chi connectivity index (χ1v) is 7.80. The summed E-state index contributed by atoms with van der Waals surface area (Å²) in [6.07, 6.45) is 4.58. The summed E-state index contributed by atoms with van der Waals surface area (Å²) < 4.78 is 5.03. The molecule has 27 heavy (non-hydrogen) atoms. The van der Waals surface area contributed by atoms with Gasteiger partial charge in [0.1, 0.15) is 0 Å². The Balaban J connectivity index is 1.68. The summed E-state index contributed by atoms with van der Waals surface area (Å²) >= 11 is 0. The van der Waals surface area contributed by atoms with Crippen molar-refractivity contribution in [2.45, 2.75) is 0 Å². The highest BCUT2D eigenvalue weighted by molar-refractivity contribution is 5.85. The molecule has 0 aliphatic carbocycles. The molecule has 9 heteroatoms. The Hall–Kier alpha value is -4.01. The van der Waals surface area contributed by atoms with E-state index in [0.29, 0.717) is 16.9 Å². The summed E-state index contributed by atoms with van der Waals surface area (Å²) in [4.78, 5) is 18.5. The number of hydrogen-bond acceptors (Lipinski definition) is 8. The van der Waals surface area contributed by atoms with Crippen molar-refractivity contribution in [3.63, 3.8) is 0 Å². The largest absolute Gasteiger partial charge is 0.504 e. The quantitative estimate of drug-likeness (QED) is 0.390. The number of anilines is 1. The van der Waals surface area contributed by atoms with E-state index in [1.165, 1.54) is 25.5 Å². The highest BCUT2D eigenvalue weighted by Crippen LogP contribution is 2.28. The average molecular weight is 365 g/mol. The molecule has 0 saturated heterocycles. The van der Waals surface area contributed by atoms with Crippen molar-refractivity contribution >= 4 is 17.9 Å². The predicted octanol–water partition coefficient (Wildman–Crippen LogP) is 3.21. The van der Waals surface area contributed by atoms with Gasteiger partial charge in [-0.25, -0.2) is 15.4 Å². The standard InChI is InChI=1S/C18H15N5O4/c1-27-16-4-2-3-13(17(16)24)11-21-22-18-19-9-14(10-20-18)12-5-7-15(8-6-12)23(25)26/h2-11,24H,1H3,(H,19,20,22). The Morgan fingerprint density at radius 1 is 1.15 bits per heavy atom. The van der Waals surface area contributed by atoms with Crippen LogP contribution in [0.1, 0.15) is 5.56 Å². The summed E-state index contributed by atoms with van der Waals surface area (Å²) in [5.74, 6) is 0.599. The third-order valence-corrected chi connectivity index (χ3v) is 3.68. The maximum atomic E-state index is 10.7. The maximum Gasteiger partial charge on any atom is 0.269 e. The molecule has 0 fully saturated rings. The lowest BCUT2D eigenvalue weighted by Crippen LogP contribution is -1.97. The van der Waals surface area contributed by atoms with Gasteiger partial charge in [-0.1, -0.05) is 6.07 Å². The number of phenols is 1. The molecule has 0 saturated carbocycles. The second-order valence-corrected chi connectivity index (χ2v) is 5.37. The first-order valence-electron chi connectivity index (χ1n) is 7.80. The van der Waals surface area contributed by atoms with Crippen LogP contribution in [-0.2, 0) is 0 Å². The summed E-state index contributed by atoms with van der Waals surface area (Å²) in [7, 11) is 1.47. The van der Waals surface area contributed by atoms with E-state index in [2.05, 4.69) is 20.5 Å². The minimum Gasteiger partial charge on any atom is -0.504 e. The number of aromatic hydroxyl groups is 1. The molecule has 9 nitrogen and oxygen atoms in total. The number of benzene rings is 2. The maximum absolute atomic E-state index is 10.7. The molecule has 0 aliphatic heterocycles. The summed E-state index contributed by atoms with van der Waals surface area (Å²) in [5, 5.41) is 24.7. The number of nitro groups is 1. The van der Waals surface area contributed by atoms with Crippen molar-refractivity contribution in [1.82, 2.24) is 9.97 Å². The number of rotatable bonds is 6. The van der Waals surface area contributed by atoms with Crippen LogP contribution in [-0.4, -0.2) is 33.3 Å². The first kappa shape index (κ1) is 17.8. The molecule has 0 amide bonds. The fourth-order valence-corrected chi connectivity index (χ4v) is 2.28. The molecule has 2 aromatic carbocycles. The van der Waals surface area contributed by atoms with Crippen LogP contribution in [0.4, 0.5) is 11.6 Å². The number of methoxy groups -OCH3 is 1. The smallest absolute Gasteiger partial charge is 0.269 e. The SMILES string of the molecule is COc1cccc(C=NNc2ncc(-c3ccc([N+](=O)[O-])cc3)cn2)c1O. The summed E-state index contributed by atoms with van der Waals surface area (Å²) in [6, 6.07) is 11.2. The van der Waals surface area contributed by atoms with E-state index < -0.39 is 4.92 Å². The van der Waals surface area contributed by atoms with E-state index in [9.17, 15) is 15.2 Å². The van der Waals surface area contributed by atoms with Crippen LogP contribution in [0.25, 0.3) is 11.1 Å². The Morgan fingerprint density at radius 3 is 2.48 bits per heavy atom. The zero-order valence-electron chi connectivity index (χ0n) is 14.2. The van der Waals surface area contributed by atoms with Crippen LogP contribution in [0.2, 0.25) is 0 Å². The van der Waals surface area contributed by atoms with Gasteiger partial charge in [0.15, 0.2) is 11.5 Å². The van der Waals surface area contributed by atoms with Gasteiger partial charge in [0.2, 0.25) is 5.95 Å². The summed E-state index contributed by atoms with van der Waals surface area (Å²) in [5.41, 5.74) is 4.64. The number of aromatic nitrogens is 2. The molecule has 3 rings (SSSR count). The number of nitro benzene ring substituents is 1. The molecule has 0 radical (unpaired) electrons. The van der Waals surface area contributed by atoms with Crippen LogP contribution < -0.4 is 10.2 Å². The van der Waals surface area contributed by atoms with Gasteiger partial charge in [0.25, 0.3) is 5.69 Å². The van der Waals surface area contributed by atoms with Crippen LogP contribution in [0.3, 0.4) is 0 Å². The van der Waals surface area contributed by atoms with Crippen LogP contribution in [0.5, 0.6) is 11.5 Å². The topological polar surface area (TPSA) is 123 Å². The van der Waals surface area contributed by atoms with Crippen LogP contribution >= 0.6 is 0 Å².